The van der Waals surface area contributed by atoms with Crippen molar-refractivity contribution in [1.29, 1.82) is 0 Å². The standard InChI is InChI=1S/C18H21BrN2O2S/c1-15(16-6-3-2-4-7-16)20-10-12-21(13-11-20)24(22,23)18-9-5-8-17(19)14-18/h2-9,14-15H,10-13H2,1H3/t15-/m1/s1. The van der Waals surface area contributed by atoms with Crippen LogP contribution >= 0.6 is 15.9 Å². The van der Waals surface area contributed by atoms with Crippen LogP contribution < -0.4 is 0 Å². The van der Waals surface area contributed by atoms with E-state index in [1.807, 2.05) is 24.3 Å². The number of halogens is 1. The summed E-state index contributed by atoms with van der Waals surface area (Å²) in [6.45, 7) is 4.69. The second kappa shape index (κ2) is 7.35. The summed E-state index contributed by atoms with van der Waals surface area (Å²) in [5.74, 6) is 0. The molecule has 2 aromatic carbocycles. The minimum Gasteiger partial charge on any atom is -0.294 e. The number of sulfonamides is 1. The summed E-state index contributed by atoms with van der Waals surface area (Å²) in [6, 6.07) is 17.5. The van der Waals surface area contributed by atoms with Gasteiger partial charge in [0, 0.05) is 36.7 Å². The quantitative estimate of drug-likeness (QED) is 0.776. The van der Waals surface area contributed by atoms with Gasteiger partial charge in [-0.05, 0) is 30.7 Å². The van der Waals surface area contributed by atoms with Crippen LogP contribution in [0.25, 0.3) is 0 Å². The Kier molecular flexibility index (Phi) is 5.39. The number of nitrogens with zero attached hydrogens (tertiary/aromatic N) is 2. The molecule has 1 fully saturated rings. The molecule has 0 saturated carbocycles. The van der Waals surface area contributed by atoms with Crippen LogP contribution in [-0.2, 0) is 10.0 Å². The van der Waals surface area contributed by atoms with Crippen molar-refractivity contribution >= 4 is 26.0 Å². The van der Waals surface area contributed by atoms with Gasteiger partial charge in [0.2, 0.25) is 10.0 Å². The highest BCUT2D eigenvalue weighted by Gasteiger charge is 2.30. The maximum absolute atomic E-state index is 12.8. The average molecular weight is 409 g/mol. The lowest BCUT2D eigenvalue weighted by molar-refractivity contribution is 0.146. The predicted octanol–water partition coefficient (Wildman–Crippen LogP) is 3.52. The van der Waals surface area contributed by atoms with Gasteiger partial charge in [-0.25, -0.2) is 8.42 Å². The molecule has 0 aliphatic carbocycles. The van der Waals surface area contributed by atoms with E-state index in [0.717, 1.165) is 17.6 Å². The molecule has 0 spiro atoms. The van der Waals surface area contributed by atoms with Crippen molar-refractivity contribution in [3.63, 3.8) is 0 Å². The van der Waals surface area contributed by atoms with Crippen molar-refractivity contribution in [3.8, 4) is 0 Å². The molecular formula is C18H21BrN2O2S. The molecule has 1 aliphatic rings. The topological polar surface area (TPSA) is 40.6 Å². The number of benzene rings is 2. The molecule has 0 bridgehead atoms. The van der Waals surface area contributed by atoms with Crippen LogP contribution in [0.5, 0.6) is 0 Å². The second-order valence-electron chi connectivity index (χ2n) is 5.98. The van der Waals surface area contributed by atoms with E-state index in [9.17, 15) is 8.42 Å². The highest BCUT2D eigenvalue weighted by atomic mass is 79.9. The number of piperazine rings is 1. The molecule has 2 aromatic rings. The summed E-state index contributed by atoms with van der Waals surface area (Å²) < 4.78 is 27.9. The molecule has 1 aliphatic heterocycles. The normalized spacial score (nSPS) is 18.4. The molecule has 6 heteroatoms. The Bertz CT molecular complexity index is 788. The second-order valence-corrected chi connectivity index (χ2v) is 8.84. The van der Waals surface area contributed by atoms with Crippen LogP contribution in [0.1, 0.15) is 18.5 Å². The minimum atomic E-state index is -3.42. The largest absolute Gasteiger partial charge is 0.294 e. The van der Waals surface area contributed by atoms with Crippen LogP contribution in [0.2, 0.25) is 0 Å². The lowest BCUT2D eigenvalue weighted by atomic mass is 10.1. The Morgan fingerprint density at radius 3 is 2.25 bits per heavy atom. The molecular weight excluding hydrogens is 388 g/mol. The van der Waals surface area contributed by atoms with Gasteiger partial charge in [0.05, 0.1) is 4.90 Å². The molecule has 0 aromatic heterocycles. The summed E-state index contributed by atoms with van der Waals surface area (Å²) in [5, 5.41) is 0. The summed E-state index contributed by atoms with van der Waals surface area (Å²) in [4.78, 5) is 2.68. The fourth-order valence-corrected chi connectivity index (χ4v) is 5.07. The zero-order valence-corrected chi connectivity index (χ0v) is 16.0. The van der Waals surface area contributed by atoms with E-state index in [1.54, 1.807) is 22.5 Å². The van der Waals surface area contributed by atoms with Crippen molar-refractivity contribution in [2.75, 3.05) is 26.2 Å². The first-order valence-corrected chi connectivity index (χ1v) is 10.3. The van der Waals surface area contributed by atoms with Crippen LogP contribution in [0, 0.1) is 0 Å². The molecule has 24 heavy (non-hydrogen) atoms. The highest BCUT2D eigenvalue weighted by molar-refractivity contribution is 9.10. The summed E-state index contributed by atoms with van der Waals surface area (Å²) in [7, 11) is -3.42. The van der Waals surface area contributed by atoms with Crippen molar-refractivity contribution in [1.82, 2.24) is 9.21 Å². The van der Waals surface area contributed by atoms with E-state index in [2.05, 4.69) is 39.9 Å². The zero-order chi connectivity index (χ0) is 17.2. The van der Waals surface area contributed by atoms with Crippen molar-refractivity contribution in [2.45, 2.75) is 17.9 Å². The Morgan fingerprint density at radius 1 is 0.958 bits per heavy atom. The molecule has 0 unspecified atom stereocenters. The fraction of sp³-hybridized carbons (Fsp3) is 0.333. The molecule has 0 amide bonds. The molecule has 0 radical (unpaired) electrons. The predicted molar refractivity (Wildman–Crippen MR) is 99.3 cm³/mol. The maximum Gasteiger partial charge on any atom is 0.243 e. The Balaban J connectivity index is 1.69. The fourth-order valence-electron chi connectivity index (χ4n) is 3.05. The van der Waals surface area contributed by atoms with Gasteiger partial charge in [-0.15, -0.1) is 0 Å². The Morgan fingerprint density at radius 2 is 1.62 bits per heavy atom. The summed E-state index contributed by atoms with van der Waals surface area (Å²) >= 11 is 3.34. The van der Waals surface area contributed by atoms with Crippen molar-refractivity contribution in [2.24, 2.45) is 0 Å². The van der Waals surface area contributed by atoms with Gasteiger partial charge in [-0.2, -0.15) is 4.31 Å². The Hall–Kier alpha value is -1.21. The number of rotatable bonds is 4. The summed E-state index contributed by atoms with van der Waals surface area (Å²) in [6.07, 6.45) is 0. The van der Waals surface area contributed by atoms with Gasteiger partial charge < -0.3 is 0 Å². The summed E-state index contributed by atoms with van der Waals surface area (Å²) in [5.41, 5.74) is 1.26. The smallest absolute Gasteiger partial charge is 0.243 e. The van der Waals surface area contributed by atoms with Crippen LogP contribution in [-0.4, -0.2) is 43.8 Å². The van der Waals surface area contributed by atoms with Gasteiger partial charge in [-0.1, -0.05) is 52.3 Å². The molecule has 1 atom stereocenters. The lowest BCUT2D eigenvalue weighted by Gasteiger charge is -2.37. The maximum atomic E-state index is 12.8. The van der Waals surface area contributed by atoms with Crippen molar-refractivity contribution in [3.05, 3.63) is 64.6 Å². The molecule has 1 heterocycles. The highest BCUT2D eigenvalue weighted by Crippen LogP contribution is 2.25. The van der Waals surface area contributed by atoms with Crippen LogP contribution in [0.15, 0.2) is 64.0 Å². The first-order chi connectivity index (χ1) is 11.5. The van der Waals surface area contributed by atoms with Gasteiger partial charge in [0.15, 0.2) is 0 Å². The van der Waals surface area contributed by atoms with E-state index in [-0.39, 0.29) is 0 Å². The van der Waals surface area contributed by atoms with E-state index in [0.29, 0.717) is 24.0 Å². The van der Waals surface area contributed by atoms with Gasteiger partial charge >= 0.3 is 0 Å². The molecule has 128 valence electrons. The average Bonchev–Trinajstić information content (AvgIpc) is 2.62. The molecule has 1 saturated heterocycles. The van der Waals surface area contributed by atoms with Gasteiger partial charge in [0.25, 0.3) is 0 Å². The third-order valence-electron chi connectivity index (χ3n) is 4.54. The zero-order valence-electron chi connectivity index (χ0n) is 13.6. The third-order valence-corrected chi connectivity index (χ3v) is 6.92. The minimum absolute atomic E-state index is 0.293. The monoisotopic (exact) mass is 408 g/mol. The SMILES string of the molecule is C[C@H](c1ccccc1)N1CCN(S(=O)(=O)c2cccc(Br)c2)CC1. The van der Waals surface area contributed by atoms with Crippen LogP contribution in [0.3, 0.4) is 0 Å². The van der Waals surface area contributed by atoms with Crippen molar-refractivity contribution < 1.29 is 8.42 Å². The number of hydrogen-bond acceptors (Lipinski definition) is 3. The van der Waals surface area contributed by atoms with E-state index >= 15 is 0 Å². The third kappa shape index (κ3) is 3.72. The number of hydrogen-bond donors (Lipinski definition) is 0. The lowest BCUT2D eigenvalue weighted by Crippen LogP contribution is -2.49. The molecule has 3 rings (SSSR count). The van der Waals surface area contributed by atoms with E-state index < -0.39 is 10.0 Å². The Labute approximate surface area is 152 Å². The van der Waals surface area contributed by atoms with Crippen LogP contribution in [0.4, 0.5) is 0 Å². The first kappa shape index (κ1) is 17.6. The van der Waals surface area contributed by atoms with E-state index in [4.69, 9.17) is 0 Å². The van der Waals surface area contributed by atoms with Gasteiger partial charge in [0.1, 0.15) is 0 Å². The molecule has 0 N–H and O–H groups in total. The molecule has 4 nitrogen and oxygen atoms in total. The van der Waals surface area contributed by atoms with E-state index in [1.165, 1.54) is 5.56 Å². The van der Waals surface area contributed by atoms with Gasteiger partial charge in [-0.3, -0.25) is 4.90 Å². The first-order valence-electron chi connectivity index (χ1n) is 8.03.